The van der Waals surface area contributed by atoms with E-state index in [2.05, 4.69) is 16.9 Å². The summed E-state index contributed by atoms with van der Waals surface area (Å²) in [5.41, 5.74) is 0.772. The average molecular weight is 284 g/mol. The van der Waals surface area contributed by atoms with E-state index in [9.17, 15) is 0 Å². The van der Waals surface area contributed by atoms with Gasteiger partial charge in [-0.25, -0.2) is 0 Å². The second kappa shape index (κ2) is 6.12. The smallest absolute Gasteiger partial charge is 0.198 e. The van der Waals surface area contributed by atoms with Gasteiger partial charge in [-0.15, -0.1) is 6.58 Å². The maximum absolute atomic E-state index is 6.24. The Morgan fingerprint density at radius 3 is 2.67 bits per heavy atom. The minimum Gasteiger partial charge on any atom is -0.356 e. The molecule has 0 aromatic heterocycles. The summed E-state index contributed by atoms with van der Waals surface area (Å²) in [4.78, 5) is 6.43. The summed E-state index contributed by atoms with van der Waals surface area (Å²) in [6.45, 7) is 6.10. The first kappa shape index (κ1) is 13.2. The van der Waals surface area contributed by atoms with Crippen LogP contribution < -0.4 is 10.2 Å². The monoisotopic (exact) mass is 283 g/mol. The highest BCUT2D eigenvalue weighted by Crippen LogP contribution is 2.33. The molecule has 0 fully saturated rings. The molecule has 96 valence electrons. The Hall–Kier alpha value is -1.19. The van der Waals surface area contributed by atoms with E-state index in [1.165, 1.54) is 0 Å². The molecule has 1 aliphatic heterocycles. The van der Waals surface area contributed by atoms with Crippen molar-refractivity contribution in [3.8, 4) is 0 Å². The number of guanidine groups is 1. The molecule has 2 rings (SSSR count). The van der Waals surface area contributed by atoms with E-state index in [1.807, 2.05) is 23.1 Å². The number of halogens is 2. The summed E-state index contributed by atoms with van der Waals surface area (Å²) in [5.74, 6) is 0.802. The normalized spacial score (nSPS) is 14.7. The fourth-order valence-corrected chi connectivity index (χ4v) is 2.46. The molecular formula is C13H15Cl2N3. The van der Waals surface area contributed by atoms with Crippen LogP contribution in [0.3, 0.4) is 0 Å². The molecular weight excluding hydrogens is 269 g/mol. The minimum atomic E-state index is 0.606. The summed E-state index contributed by atoms with van der Waals surface area (Å²) in [7, 11) is 0. The van der Waals surface area contributed by atoms with Gasteiger partial charge >= 0.3 is 0 Å². The van der Waals surface area contributed by atoms with Crippen LogP contribution in [0.25, 0.3) is 0 Å². The fourth-order valence-electron chi connectivity index (χ4n) is 1.86. The molecule has 3 nitrogen and oxygen atoms in total. The van der Waals surface area contributed by atoms with Crippen molar-refractivity contribution < 1.29 is 0 Å². The molecule has 18 heavy (non-hydrogen) atoms. The summed E-state index contributed by atoms with van der Waals surface area (Å²) in [6.07, 6.45) is 2.85. The Kier molecular flexibility index (Phi) is 4.50. The van der Waals surface area contributed by atoms with Crippen LogP contribution in [0.4, 0.5) is 5.69 Å². The number of hydrogen-bond donors (Lipinski definition) is 1. The minimum absolute atomic E-state index is 0.606. The number of hydrogen-bond acceptors (Lipinski definition) is 3. The average Bonchev–Trinajstić information content (AvgIpc) is 2.38. The van der Waals surface area contributed by atoms with Gasteiger partial charge in [0.25, 0.3) is 0 Å². The highest BCUT2D eigenvalue weighted by molar-refractivity contribution is 6.40. The van der Waals surface area contributed by atoms with Crippen LogP contribution in [0, 0.1) is 0 Å². The summed E-state index contributed by atoms with van der Waals surface area (Å²) < 4.78 is 0. The topological polar surface area (TPSA) is 27.6 Å². The molecule has 0 spiro atoms. The van der Waals surface area contributed by atoms with Gasteiger partial charge in [0, 0.05) is 19.6 Å². The second-order valence-electron chi connectivity index (χ2n) is 3.96. The number of aliphatic imine (C=N–C) groups is 1. The van der Waals surface area contributed by atoms with E-state index in [0.717, 1.165) is 31.2 Å². The highest BCUT2D eigenvalue weighted by atomic mass is 35.5. The third kappa shape index (κ3) is 2.79. The van der Waals surface area contributed by atoms with Crippen molar-refractivity contribution in [3.05, 3.63) is 40.9 Å². The molecule has 1 N–H and O–H groups in total. The number of nitrogens with zero attached hydrogens (tertiary/aromatic N) is 2. The predicted octanol–water partition coefficient (Wildman–Crippen LogP) is 3.34. The van der Waals surface area contributed by atoms with E-state index in [1.54, 1.807) is 6.08 Å². The molecule has 0 saturated carbocycles. The zero-order valence-electron chi connectivity index (χ0n) is 10.00. The molecule has 1 aromatic rings. The molecule has 0 amide bonds. The Bertz CT molecular complexity index is 451. The third-order valence-electron chi connectivity index (χ3n) is 2.65. The van der Waals surface area contributed by atoms with Crippen LogP contribution in [0.15, 0.2) is 35.8 Å². The first-order valence-corrected chi connectivity index (χ1v) is 6.60. The molecule has 0 atom stereocenters. The van der Waals surface area contributed by atoms with Crippen molar-refractivity contribution in [2.24, 2.45) is 4.99 Å². The van der Waals surface area contributed by atoms with Gasteiger partial charge in [0.2, 0.25) is 0 Å². The Labute approximate surface area is 117 Å². The SMILES string of the molecule is C=CCN(C1=NCCCN1)c1c(Cl)cccc1Cl. The van der Waals surface area contributed by atoms with E-state index in [-0.39, 0.29) is 0 Å². The number of rotatable bonds is 3. The van der Waals surface area contributed by atoms with E-state index < -0.39 is 0 Å². The maximum atomic E-state index is 6.24. The van der Waals surface area contributed by atoms with E-state index >= 15 is 0 Å². The molecule has 0 saturated heterocycles. The van der Waals surface area contributed by atoms with Crippen molar-refractivity contribution in [2.75, 3.05) is 24.5 Å². The number of benzene rings is 1. The Morgan fingerprint density at radius 2 is 2.11 bits per heavy atom. The van der Waals surface area contributed by atoms with Crippen molar-refractivity contribution in [2.45, 2.75) is 6.42 Å². The molecule has 0 unspecified atom stereocenters. The van der Waals surface area contributed by atoms with Crippen LogP contribution in [0.1, 0.15) is 6.42 Å². The first-order chi connectivity index (χ1) is 8.74. The van der Waals surface area contributed by atoms with Gasteiger partial charge in [-0.05, 0) is 18.6 Å². The molecule has 1 heterocycles. The summed E-state index contributed by atoms with van der Waals surface area (Å²) in [6, 6.07) is 5.47. The van der Waals surface area contributed by atoms with Gasteiger partial charge in [-0.2, -0.15) is 0 Å². The van der Waals surface area contributed by atoms with Gasteiger partial charge in [-0.3, -0.25) is 4.99 Å². The van der Waals surface area contributed by atoms with Gasteiger partial charge < -0.3 is 10.2 Å². The van der Waals surface area contributed by atoms with Crippen LogP contribution in [-0.4, -0.2) is 25.6 Å². The van der Waals surface area contributed by atoms with Crippen LogP contribution in [0.5, 0.6) is 0 Å². The number of nitrogens with one attached hydrogen (secondary N) is 1. The largest absolute Gasteiger partial charge is 0.356 e. The van der Waals surface area contributed by atoms with E-state index in [0.29, 0.717) is 16.6 Å². The summed E-state index contributed by atoms with van der Waals surface area (Å²) in [5, 5.41) is 4.49. The number of anilines is 1. The predicted molar refractivity (Wildman–Crippen MR) is 78.9 cm³/mol. The quantitative estimate of drug-likeness (QED) is 0.862. The molecule has 0 aliphatic carbocycles. The standard InChI is InChI=1S/C13H15Cl2N3/c1-2-9-18(13-16-7-4-8-17-13)12-10(14)5-3-6-11(12)15/h2-3,5-6H,1,4,7-9H2,(H,16,17). The lowest BCUT2D eigenvalue weighted by Gasteiger charge is -2.29. The van der Waals surface area contributed by atoms with Gasteiger partial charge in [0.15, 0.2) is 5.96 Å². The lowest BCUT2D eigenvalue weighted by Crippen LogP contribution is -2.44. The fraction of sp³-hybridized carbons (Fsp3) is 0.308. The molecule has 1 aromatic carbocycles. The molecule has 0 bridgehead atoms. The maximum Gasteiger partial charge on any atom is 0.198 e. The number of para-hydroxylation sites is 1. The zero-order chi connectivity index (χ0) is 13.0. The van der Waals surface area contributed by atoms with Crippen molar-refractivity contribution >= 4 is 34.8 Å². The lowest BCUT2D eigenvalue weighted by atomic mass is 10.2. The molecule has 1 aliphatic rings. The Balaban J connectivity index is 2.40. The second-order valence-corrected chi connectivity index (χ2v) is 4.77. The van der Waals surface area contributed by atoms with Gasteiger partial charge in [0.1, 0.15) is 0 Å². The van der Waals surface area contributed by atoms with Crippen molar-refractivity contribution in [1.82, 2.24) is 5.32 Å². The van der Waals surface area contributed by atoms with Crippen molar-refractivity contribution in [1.29, 1.82) is 0 Å². The third-order valence-corrected chi connectivity index (χ3v) is 3.26. The highest BCUT2D eigenvalue weighted by Gasteiger charge is 2.19. The zero-order valence-corrected chi connectivity index (χ0v) is 11.5. The molecule has 0 radical (unpaired) electrons. The van der Waals surface area contributed by atoms with Gasteiger partial charge in [-0.1, -0.05) is 35.3 Å². The van der Waals surface area contributed by atoms with Crippen LogP contribution in [-0.2, 0) is 0 Å². The Morgan fingerprint density at radius 1 is 1.39 bits per heavy atom. The molecule has 5 heteroatoms. The van der Waals surface area contributed by atoms with Crippen molar-refractivity contribution in [3.63, 3.8) is 0 Å². The van der Waals surface area contributed by atoms with E-state index in [4.69, 9.17) is 23.2 Å². The van der Waals surface area contributed by atoms with Gasteiger partial charge in [0.05, 0.1) is 15.7 Å². The first-order valence-electron chi connectivity index (χ1n) is 5.85. The summed E-state index contributed by atoms with van der Waals surface area (Å²) >= 11 is 12.5. The van der Waals surface area contributed by atoms with Crippen LogP contribution in [0.2, 0.25) is 10.0 Å². The van der Waals surface area contributed by atoms with Crippen LogP contribution >= 0.6 is 23.2 Å². The lowest BCUT2D eigenvalue weighted by molar-refractivity contribution is 0.726.